The summed E-state index contributed by atoms with van der Waals surface area (Å²) in [6.07, 6.45) is -0.784. The molecule has 0 saturated carbocycles. The van der Waals surface area contributed by atoms with Crippen LogP contribution in [0.4, 0.5) is 10.1 Å². The van der Waals surface area contributed by atoms with Gasteiger partial charge in [0, 0.05) is 6.07 Å². The summed E-state index contributed by atoms with van der Waals surface area (Å²) in [5.41, 5.74) is 0.951. The van der Waals surface area contributed by atoms with Crippen LogP contribution in [0.5, 0.6) is 11.5 Å². The van der Waals surface area contributed by atoms with Crippen LogP contribution in [-0.2, 0) is 0 Å². The van der Waals surface area contributed by atoms with Crippen molar-refractivity contribution in [3.8, 4) is 11.5 Å². The van der Waals surface area contributed by atoms with Crippen molar-refractivity contribution >= 4 is 5.69 Å². The summed E-state index contributed by atoms with van der Waals surface area (Å²) in [5.74, 6) is -0.477. The molecule has 110 valence electrons. The van der Waals surface area contributed by atoms with Gasteiger partial charge < -0.3 is 9.84 Å². The molecule has 1 N–H and O–H groups in total. The monoisotopic (exact) mass is 291 g/mol. The Morgan fingerprint density at radius 3 is 2.52 bits per heavy atom. The second kappa shape index (κ2) is 5.88. The minimum Gasteiger partial charge on any atom is -0.454 e. The van der Waals surface area contributed by atoms with E-state index < -0.39 is 16.8 Å². The van der Waals surface area contributed by atoms with E-state index in [0.29, 0.717) is 11.1 Å². The van der Waals surface area contributed by atoms with Crippen molar-refractivity contribution in [2.75, 3.05) is 0 Å². The van der Waals surface area contributed by atoms with Gasteiger partial charge >= 0.3 is 0 Å². The molecule has 2 aromatic carbocycles. The predicted molar refractivity (Wildman–Crippen MR) is 74.9 cm³/mol. The molecule has 0 bridgehead atoms. The highest BCUT2D eigenvalue weighted by Crippen LogP contribution is 2.31. The highest BCUT2D eigenvalue weighted by Gasteiger charge is 2.13. The lowest BCUT2D eigenvalue weighted by molar-refractivity contribution is -0.384. The fraction of sp³-hybridized carbons (Fsp3) is 0.200. The zero-order valence-corrected chi connectivity index (χ0v) is 11.5. The number of non-ortho nitro benzene ring substituents is 1. The number of aliphatic hydroxyl groups is 1. The van der Waals surface area contributed by atoms with Gasteiger partial charge in [-0.1, -0.05) is 6.07 Å². The summed E-state index contributed by atoms with van der Waals surface area (Å²) < 4.78 is 19.3. The molecule has 1 unspecified atom stereocenters. The summed E-state index contributed by atoms with van der Waals surface area (Å²) >= 11 is 0. The maximum absolute atomic E-state index is 13.9. The maximum atomic E-state index is 13.9. The first-order chi connectivity index (χ1) is 9.88. The molecular weight excluding hydrogens is 277 g/mol. The standard InChI is InChI=1S/C15H14FNO4/c1-9-3-5-12(17(19)20)8-15(9)21-14-6-4-11(10(2)18)7-13(14)16/h3-8,10,18H,1-2H3. The molecule has 21 heavy (non-hydrogen) atoms. The lowest BCUT2D eigenvalue weighted by Gasteiger charge is -2.11. The molecule has 1 atom stereocenters. The highest BCUT2D eigenvalue weighted by atomic mass is 19.1. The summed E-state index contributed by atoms with van der Waals surface area (Å²) in [5, 5.41) is 20.1. The lowest BCUT2D eigenvalue weighted by Crippen LogP contribution is -1.96. The van der Waals surface area contributed by atoms with E-state index in [-0.39, 0.29) is 17.2 Å². The number of aliphatic hydroxyl groups excluding tert-OH is 1. The summed E-state index contributed by atoms with van der Waals surface area (Å²) in [6.45, 7) is 3.24. The number of hydrogen-bond donors (Lipinski definition) is 1. The fourth-order valence-electron chi connectivity index (χ4n) is 1.79. The first kappa shape index (κ1) is 14.9. The van der Waals surface area contributed by atoms with E-state index in [9.17, 15) is 19.6 Å². The molecule has 0 heterocycles. The molecule has 0 spiro atoms. The van der Waals surface area contributed by atoms with Crippen LogP contribution in [0, 0.1) is 22.9 Å². The average molecular weight is 291 g/mol. The van der Waals surface area contributed by atoms with Crippen molar-refractivity contribution in [3.63, 3.8) is 0 Å². The largest absolute Gasteiger partial charge is 0.454 e. The molecule has 0 aromatic heterocycles. The predicted octanol–water partition coefficient (Wildman–Crippen LogP) is 3.89. The van der Waals surface area contributed by atoms with Gasteiger partial charge in [0.05, 0.1) is 17.1 Å². The fourth-order valence-corrected chi connectivity index (χ4v) is 1.79. The van der Waals surface area contributed by atoms with Gasteiger partial charge in [-0.05, 0) is 43.2 Å². The van der Waals surface area contributed by atoms with Crippen LogP contribution in [0.3, 0.4) is 0 Å². The van der Waals surface area contributed by atoms with Crippen LogP contribution in [0.2, 0.25) is 0 Å². The van der Waals surface area contributed by atoms with E-state index in [1.54, 1.807) is 6.92 Å². The van der Waals surface area contributed by atoms with Crippen LogP contribution in [0.15, 0.2) is 36.4 Å². The topological polar surface area (TPSA) is 72.6 Å². The van der Waals surface area contributed by atoms with E-state index >= 15 is 0 Å². The van der Waals surface area contributed by atoms with Gasteiger partial charge in [0.2, 0.25) is 0 Å². The van der Waals surface area contributed by atoms with Gasteiger partial charge in [-0.25, -0.2) is 4.39 Å². The molecule has 0 fully saturated rings. The normalized spacial score (nSPS) is 12.0. The Morgan fingerprint density at radius 2 is 1.95 bits per heavy atom. The van der Waals surface area contributed by atoms with Crippen LogP contribution in [0.25, 0.3) is 0 Å². The Morgan fingerprint density at radius 1 is 1.24 bits per heavy atom. The van der Waals surface area contributed by atoms with Crippen LogP contribution in [-0.4, -0.2) is 10.0 Å². The van der Waals surface area contributed by atoms with Crippen molar-refractivity contribution in [3.05, 3.63) is 63.5 Å². The van der Waals surface area contributed by atoms with Crippen molar-refractivity contribution in [1.82, 2.24) is 0 Å². The average Bonchev–Trinajstić information content (AvgIpc) is 2.42. The number of ether oxygens (including phenoxy) is 1. The first-order valence-electron chi connectivity index (χ1n) is 6.29. The SMILES string of the molecule is Cc1ccc([N+](=O)[O-])cc1Oc1ccc(C(C)O)cc1F. The minimum absolute atomic E-state index is 0.0528. The smallest absolute Gasteiger partial charge is 0.273 e. The molecule has 0 aliphatic carbocycles. The summed E-state index contributed by atoms with van der Waals surface area (Å²) in [7, 11) is 0. The van der Waals surface area contributed by atoms with Gasteiger partial charge in [0.1, 0.15) is 5.75 Å². The number of halogens is 1. The summed E-state index contributed by atoms with van der Waals surface area (Å²) in [4.78, 5) is 10.2. The third kappa shape index (κ3) is 3.35. The number of hydrogen-bond acceptors (Lipinski definition) is 4. The molecule has 2 aromatic rings. The molecule has 5 nitrogen and oxygen atoms in total. The van der Waals surface area contributed by atoms with Crippen molar-refractivity contribution in [2.45, 2.75) is 20.0 Å². The van der Waals surface area contributed by atoms with Crippen molar-refractivity contribution in [2.24, 2.45) is 0 Å². The van der Waals surface area contributed by atoms with Crippen LogP contribution < -0.4 is 4.74 Å². The number of benzene rings is 2. The quantitative estimate of drug-likeness (QED) is 0.685. The van der Waals surface area contributed by atoms with E-state index in [4.69, 9.17) is 4.74 Å². The van der Waals surface area contributed by atoms with Gasteiger partial charge in [-0.15, -0.1) is 0 Å². The van der Waals surface area contributed by atoms with Crippen molar-refractivity contribution < 1.29 is 19.2 Å². The third-order valence-corrected chi connectivity index (χ3v) is 3.04. The minimum atomic E-state index is -0.784. The second-order valence-electron chi connectivity index (χ2n) is 4.67. The van der Waals surface area contributed by atoms with Gasteiger partial charge in [-0.3, -0.25) is 10.1 Å². The van der Waals surface area contributed by atoms with Gasteiger partial charge in [-0.2, -0.15) is 0 Å². The number of rotatable bonds is 4. The number of nitro groups is 1. The molecule has 0 radical (unpaired) electrons. The number of aryl methyl sites for hydroxylation is 1. The zero-order chi connectivity index (χ0) is 15.6. The van der Waals surface area contributed by atoms with Crippen LogP contribution >= 0.6 is 0 Å². The first-order valence-corrected chi connectivity index (χ1v) is 6.29. The molecule has 0 amide bonds. The number of nitro benzene ring substituents is 1. The molecule has 0 saturated heterocycles. The Labute approximate surface area is 120 Å². The molecule has 6 heteroatoms. The maximum Gasteiger partial charge on any atom is 0.273 e. The Balaban J connectivity index is 2.34. The Kier molecular flexibility index (Phi) is 4.18. The van der Waals surface area contributed by atoms with Gasteiger partial charge in [0.25, 0.3) is 5.69 Å². The molecule has 2 rings (SSSR count). The molecule has 0 aliphatic heterocycles. The zero-order valence-electron chi connectivity index (χ0n) is 11.5. The highest BCUT2D eigenvalue weighted by molar-refractivity contribution is 5.46. The third-order valence-electron chi connectivity index (χ3n) is 3.04. The van der Waals surface area contributed by atoms with E-state index in [1.165, 1.54) is 43.3 Å². The summed E-state index contributed by atoms with van der Waals surface area (Å²) in [6, 6.07) is 8.24. The van der Waals surface area contributed by atoms with E-state index in [0.717, 1.165) is 0 Å². The Bertz CT molecular complexity index is 685. The second-order valence-corrected chi connectivity index (χ2v) is 4.67. The molecular formula is C15H14FNO4. The van der Waals surface area contributed by atoms with Crippen molar-refractivity contribution in [1.29, 1.82) is 0 Å². The van der Waals surface area contributed by atoms with E-state index in [2.05, 4.69) is 0 Å². The number of nitrogens with zero attached hydrogens (tertiary/aromatic N) is 1. The van der Waals surface area contributed by atoms with Gasteiger partial charge in [0.15, 0.2) is 11.6 Å². The Hall–Kier alpha value is -2.47. The lowest BCUT2D eigenvalue weighted by atomic mass is 10.1. The van der Waals surface area contributed by atoms with Crippen LogP contribution in [0.1, 0.15) is 24.2 Å². The molecule has 0 aliphatic rings. The van der Waals surface area contributed by atoms with E-state index in [1.807, 2.05) is 0 Å².